The maximum Gasteiger partial charge on any atom is 0.408 e. The Morgan fingerprint density at radius 3 is 1.45 bits per heavy atom. The predicted molar refractivity (Wildman–Crippen MR) is 399 cm³/mol. The number of carboxylic acids is 1. The van der Waals surface area contributed by atoms with Crippen LogP contribution in [0.25, 0.3) is 0 Å². The highest BCUT2D eigenvalue weighted by atomic mass is 32.2. The highest BCUT2D eigenvalue weighted by Crippen LogP contribution is 2.50. The number of alkyl carbamates (subject to hydrolysis) is 1. The van der Waals surface area contributed by atoms with Crippen LogP contribution in [-0.2, 0) is 41.6 Å². The summed E-state index contributed by atoms with van der Waals surface area (Å²) in [5, 5.41) is 35.6. The maximum absolute atomic E-state index is 13.2. The van der Waals surface area contributed by atoms with E-state index < -0.39 is 35.4 Å². The molecule has 2 amide bonds. The van der Waals surface area contributed by atoms with Gasteiger partial charge in [-0.2, -0.15) is 0 Å². The molecule has 0 spiro atoms. The molecule has 0 radical (unpaired) electrons. The predicted octanol–water partition coefficient (Wildman–Crippen LogP) is 16.4. The number of allylic oxidation sites excluding steroid dienone is 2. The van der Waals surface area contributed by atoms with E-state index in [0.29, 0.717) is 25.8 Å². The van der Waals surface area contributed by atoms with Crippen LogP contribution in [0, 0.1) is 0 Å². The van der Waals surface area contributed by atoms with Crippen LogP contribution in [0.3, 0.4) is 0 Å². The number of nitrogens with zero attached hydrogens (tertiary/aromatic N) is 3. The van der Waals surface area contributed by atoms with E-state index >= 15 is 0 Å². The molecule has 4 atom stereocenters. The number of nitrogens with one attached hydrogen (secondary N) is 1. The van der Waals surface area contributed by atoms with Crippen molar-refractivity contribution in [2.45, 2.75) is 112 Å². The molecule has 12 nitrogen and oxygen atoms in total. The molecule has 2 aliphatic rings. The number of benzene rings is 7. The van der Waals surface area contributed by atoms with E-state index in [1.807, 2.05) is 77.5 Å². The van der Waals surface area contributed by atoms with Gasteiger partial charge >= 0.3 is 12.1 Å². The molecule has 1 aromatic heterocycles. The number of ketones is 1. The third-order valence-corrected chi connectivity index (χ3v) is 22.1. The number of Topliss-reactive ketones (excluding diaryl/α,β-unsaturated/α-hetero) is 1. The lowest BCUT2D eigenvalue weighted by Gasteiger charge is -2.35. The Morgan fingerprint density at radius 2 is 1.06 bits per heavy atom. The summed E-state index contributed by atoms with van der Waals surface area (Å²) in [6.45, 7) is 8.73. The average Bonchev–Trinajstić information content (AvgIpc) is 1.64. The summed E-state index contributed by atoms with van der Waals surface area (Å²) in [7, 11) is 0. The quantitative estimate of drug-likeness (QED) is 0.0174. The molecular weight excluding hydrogens is 1300 g/mol. The second kappa shape index (κ2) is 36.1. The van der Waals surface area contributed by atoms with Gasteiger partial charge in [-0.15, -0.1) is 46.6 Å². The number of hydrogen-bond acceptors (Lipinski definition) is 15. The van der Waals surface area contributed by atoms with E-state index in [4.69, 9.17) is 17.0 Å². The number of rotatable bonds is 26. The smallest absolute Gasteiger partial charge is 0.408 e. The summed E-state index contributed by atoms with van der Waals surface area (Å²) in [6.07, 6.45) is 7.95. The van der Waals surface area contributed by atoms with Crippen molar-refractivity contribution < 1.29 is 39.2 Å². The lowest BCUT2D eigenvalue weighted by molar-refractivity contribution is -0.141. The monoisotopic (exact) mass is 1380 g/mol. The van der Waals surface area contributed by atoms with Gasteiger partial charge < -0.3 is 25.4 Å². The molecule has 4 N–H and O–H groups in total. The molecule has 1 fully saturated rings. The molecule has 494 valence electrons. The second-order valence-corrected chi connectivity index (χ2v) is 30.1. The first-order valence-corrected chi connectivity index (χ1v) is 36.7. The number of thioether (sulfide) groups is 4. The van der Waals surface area contributed by atoms with Gasteiger partial charge in [-0.3, -0.25) is 19.5 Å². The largest absolute Gasteiger partial charge is 0.479 e. The minimum atomic E-state index is -1.10. The number of aromatic nitrogens is 1. The van der Waals surface area contributed by atoms with E-state index in [2.05, 4.69) is 191 Å². The molecule has 18 heteroatoms. The van der Waals surface area contributed by atoms with E-state index in [1.54, 1.807) is 56.5 Å². The SMILES string of the molecule is CC(=O)C[C@H](O)/C=C/CCSC(c1ccccc1)(c1ccccc1)c1ccccc1.CC(C)(C)OC(=O)NCc1nc(C2=N[C@](C)(C(=O)O)CS2)cs1.O=C(C[C@H](O)/C=C/CCSC(c1ccccc1)(c1ccccc1)c1ccccc1)N1C(=S)SC[C@H]1Cc1ccccc1. The van der Waals surface area contributed by atoms with Gasteiger partial charge in [0.15, 0.2) is 5.54 Å². The number of amides is 2. The topological polar surface area (TPSA) is 179 Å². The highest BCUT2D eigenvalue weighted by molar-refractivity contribution is 8.23. The van der Waals surface area contributed by atoms with Gasteiger partial charge in [0.1, 0.15) is 31.5 Å². The van der Waals surface area contributed by atoms with E-state index in [9.17, 15) is 34.5 Å². The second-order valence-electron chi connectivity index (χ2n) is 23.9. The van der Waals surface area contributed by atoms with Gasteiger partial charge in [-0.1, -0.05) is 261 Å². The number of aliphatic carboxylic acids is 1. The maximum atomic E-state index is 13.2. The van der Waals surface area contributed by atoms with Crippen LogP contribution in [-0.4, -0.2) is 111 Å². The zero-order chi connectivity index (χ0) is 67.7. The van der Waals surface area contributed by atoms with Crippen molar-refractivity contribution in [3.63, 3.8) is 0 Å². The molecule has 0 aliphatic carbocycles. The van der Waals surface area contributed by atoms with Crippen LogP contribution in [0.1, 0.15) is 110 Å². The van der Waals surface area contributed by atoms with Crippen LogP contribution >= 0.6 is 70.6 Å². The number of ether oxygens (including phenoxy) is 1. The summed E-state index contributed by atoms with van der Waals surface area (Å²) in [5.74, 6) is 1.83. The lowest BCUT2D eigenvalue weighted by Crippen LogP contribution is -2.41. The van der Waals surface area contributed by atoms with Crippen molar-refractivity contribution in [3.8, 4) is 0 Å². The van der Waals surface area contributed by atoms with Crippen molar-refractivity contribution in [2.75, 3.05) is 23.0 Å². The summed E-state index contributed by atoms with van der Waals surface area (Å²) >= 11 is 13.6. The van der Waals surface area contributed by atoms with Crippen molar-refractivity contribution in [1.82, 2.24) is 15.2 Å². The average molecular weight is 1380 g/mol. The summed E-state index contributed by atoms with van der Waals surface area (Å²) in [6, 6.07) is 74.0. The van der Waals surface area contributed by atoms with Gasteiger partial charge in [-0.05, 0) is 104 Å². The third-order valence-electron chi connectivity index (χ3n) is 15.3. The number of thiazole rings is 1. The number of aliphatic hydroxyl groups excluding tert-OH is 2. The number of aliphatic hydroxyl groups is 2. The molecular formula is C77H82N4O8S6. The molecule has 7 aromatic carbocycles. The minimum absolute atomic E-state index is 0.00206. The number of carbonyl (C=O) groups is 4. The molecule has 1 saturated heterocycles. The number of carboxylic acid groups (broad SMARTS) is 1. The standard InChI is InChI=1S/C36H35NO2S3.C27H28O2S.C14H19N3O4S2/c38-33(26-34(39)37-32(27-41-35(37)40)25-28-15-5-1-6-16-28)23-13-14-24-42-36(29-17-7-2-8-18-29,30-19-9-3-10-20-30)31-21-11-4-12-22-31;1-22(28)21-26(29)19-11-12-20-30-27(23-13-5-2-6-14-23,24-15-7-3-8-16-24)25-17-9-4-10-18-25;1-13(2,3)21-12(20)15-5-9-16-8(6-22-9)10-17-14(4,7-23-10)11(18)19/h1-13,15-23,32-33,38H,14,24-27H2;2-11,13-19,26,29H,12,20-21H2,1H3;6H,5,7H2,1-4H3,(H,15,20)(H,18,19)/b23-13+;19-11+;/t32-,33-;26-;14-/m110/s1. The van der Waals surface area contributed by atoms with Crippen molar-refractivity contribution in [3.05, 3.63) is 292 Å². The van der Waals surface area contributed by atoms with Crippen molar-refractivity contribution >= 4 is 104 Å². The van der Waals surface area contributed by atoms with Gasteiger partial charge in [0, 0.05) is 23.3 Å². The third kappa shape index (κ3) is 21.1. The van der Waals surface area contributed by atoms with Crippen LogP contribution in [0.15, 0.2) is 247 Å². The minimum Gasteiger partial charge on any atom is -0.479 e. The Morgan fingerprint density at radius 1 is 0.653 bits per heavy atom. The normalized spacial score (nSPS) is 16.2. The van der Waals surface area contributed by atoms with E-state index in [1.165, 1.54) is 69.0 Å². The Balaban J connectivity index is 0.000000192. The first-order valence-electron chi connectivity index (χ1n) is 31.5. The fraction of sp³-hybridized carbons (Fsp3) is 0.286. The molecule has 10 rings (SSSR count). The number of hydrogen-bond donors (Lipinski definition) is 4. The highest BCUT2D eigenvalue weighted by Gasteiger charge is 2.41. The molecule has 3 heterocycles. The molecule has 95 heavy (non-hydrogen) atoms. The van der Waals surface area contributed by atoms with E-state index in [-0.39, 0.29) is 46.6 Å². The zero-order valence-electron chi connectivity index (χ0n) is 54.1. The lowest BCUT2D eigenvalue weighted by atomic mass is 9.84. The van der Waals surface area contributed by atoms with Gasteiger partial charge in [0.05, 0.1) is 40.7 Å². The van der Waals surface area contributed by atoms with Crippen LogP contribution in [0.4, 0.5) is 4.79 Å². The van der Waals surface area contributed by atoms with E-state index in [0.717, 1.165) is 36.5 Å². The molecule has 0 unspecified atom stereocenters. The molecule has 0 saturated carbocycles. The van der Waals surface area contributed by atoms with Crippen molar-refractivity contribution in [2.24, 2.45) is 4.99 Å². The van der Waals surface area contributed by atoms with Crippen LogP contribution in [0.5, 0.6) is 0 Å². The number of carbonyl (C=O) groups excluding carboxylic acids is 3. The van der Waals surface area contributed by atoms with Crippen LogP contribution in [0.2, 0.25) is 0 Å². The Bertz CT molecular complexity index is 3630. The van der Waals surface area contributed by atoms with Gasteiger partial charge in [-0.25, -0.2) is 14.6 Å². The molecule has 8 aromatic rings. The first kappa shape index (κ1) is 73.4. The Kier molecular flexibility index (Phi) is 27.9. The van der Waals surface area contributed by atoms with Crippen molar-refractivity contribution in [1.29, 1.82) is 0 Å². The fourth-order valence-corrected chi connectivity index (χ4v) is 17.1. The van der Waals surface area contributed by atoms with Gasteiger partial charge in [0.25, 0.3) is 0 Å². The zero-order valence-corrected chi connectivity index (χ0v) is 59.0. The Labute approximate surface area is 585 Å². The van der Waals surface area contributed by atoms with Gasteiger partial charge in [0.2, 0.25) is 5.91 Å². The summed E-state index contributed by atoms with van der Waals surface area (Å²) < 4.78 is 5.06. The fourth-order valence-electron chi connectivity index (χ4n) is 10.8. The first-order chi connectivity index (χ1) is 45.8. The number of thiocarbonyl (C=S) groups is 1. The van der Waals surface area contributed by atoms with Crippen LogP contribution < -0.4 is 5.32 Å². The molecule has 2 aliphatic heterocycles. The Hall–Kier alpha value is -7.39. The number of aliphatic imine (C=N–C) groups is 1. The summed E-state index contributed by atoms with van der Waals surface area (Å²) in [5.41, 5.74) is 7.60. The molecule has 0 bridgehead atoms. The summed E-state index contributed by atoms with van der Waals surface area (Å²) in [4.78, 5) is 57.5.